The van der Waals surface area contributed by atoms with Gasteiger partial charge >= 0.3 is 0 Å². The lowest BCUT2D eigenvalue weighted by Gasteiger charge is -2.10. The van der Waals surface area contributed by atoms with Gasteiger partial charge in [-0.1, -0.05) is 0 Å². The summed E-state index contributed by atoms with van der Waals surface area (Å²) in [5, 5.41) is 14.4. The second-order valence-corrected chi connectivity index (χ2v) is 5.55. The molecule has 0 spiro atoms. The number of methoxy groups -OCH3 is 1. The van der Waals surface area contributed by atoms with Crippen LogP contribution in [0.25, 0.3) is 0 Å². The Morgan fingerprint density at radius 1 is 1.29 bits per heavy atom. The minimum Gasteiger partial charge on any atom is -0.486 e. The van der Waals surface area contributed by atoms with Gasteiger partial charge in [0.2, 0.25) is 0 Å². The van der Waals surface area contributed by atoms with Crippen molar-refractivity contribution in [1.82, 2.24) is 25.5 Å². The molecule has 1 heterocycles. The molecule has 1 aromatic carbocycles. The first-order valence-corrected chi connectivity index (χ1v) is 7.88. The quantitative estimate of drug-likeness (QED) is 0.701. The van der Waals surface area contributed by atoms with Crippen LogP contribution in [-0.2, 0) is 11.3 Å². The van der Waals surface area contributed by atoms with Gasteiger partial charge in [-0.05, 0) is 55.0 Å². The Balaban J connectivity index is 1.85. The lowest BCUT2D eigenvalue weighted by molar-refractivity contribution is 0.0948. The zero-order chi connectivity index (χ0) is 17.4. The Kier molecular flexibility index (Phi) is 6.68. The summed E-state index contributed by atoms with van der Waals surface area (Å²) < 4.78 is 12.3. The highest BCUT2D eigenvalue weighted by atomic mass is 16.5. The maximum atomic E-state index is 12.0. The minimum absolute atomic E-state index is 0.110. The van der Waals surface area contributed by atoms with Gasteiger partial charge in [-0.3, -0.25) is 4.79 Å². The lowest BCUT2D eigenvalue weighted by Crippen LogP contribution is -2.25. The van der Waals surface area contributed by atoms with Gasteiger partial charge in [0.25, 0.3) is 5.91 Å². The van der Waals surface area contributed by atoms with Crippen molar-refractivity contribution in [2.24, 2.45) is 0 Å². The molecule has 8 heteroatoms. The number of rotatable bonds is 9. The van der Waals surface area contributed by atoms with Crippen molar-refractivity contribution in [2.45, 2.75) is 32.9 Å². The van der Waals surface area contributed by atoms with Gasteiger partial charge in [-0.15, -0.1) is 5.10 Å². The van der Waals surface area contributed by atoms with Crippen LogP contribution in [0.3, 0.4) is 0 Å². The van der Waals surface area contributed by atoms with Crippen LogP contribution in [0.5, 0.6) is 5.75 Å². The van der Waals surface area contributed by atoms with Crippen LogP contribution in [-0.4, -0.2) is 46.4 Å². The number of hydrogen-bond acceptors (Lipinski definition) is 6. The summed E-state index contributed by atoms with van der Waals surface area (Å²) in [5.41, 5.74) is 0.590. The zero-order valence-corrected chi connectivity index (χ0v) is 14.2. The van der Waals surface area contributed by atoms with E-state index in [4.69, 9.17) is 9.47 Å². The summed E-state index contributed by atoms with van der Waals surface area (Å²) in [7, 11) is 1.64. The molecule has 0 aliphatic rings. The van der Waals surface area contributed by atoms with Crippen molar-refractivity contribution in [2.75, 3.05) is 20.3 Å². The summed E-state index contributed by atoms with van der Waals surface area (Å²) in [5.74, 6) is 1.20. The maximum absolute atomic E-state index is 12.0. The number of carbonyl (C=O) groups is 1. The monoisotopic (exact) mass is 333 g/mol. The molecule has 0 radical (unpaired) electrons. The van der Waals surface area contributed by atoms with Gasteiger partial charge in [0.1, 0.15) is 12.4 Å². The normalized spacial score (nSPS) is 10.8. The minimum atomic E-state index is -0.110. The fourth-order valence-corrected chi connectivity index (χ4v) is 2.08. The third-order valence-electron chi connectivity index (χ3n) is 3.35. The Labute approximate surface area is 141 Å². The van der Waals surface area contributed by atoms with E-state index < -0.39 is 0 Å². The number of nitrogens with one attached hydrogen (secondary N) is 1. The molecule has 1 N–H and O–H groups in total. The van der Waals surface area contributed by atoms with E-state index in [0.717, 1.165) is 6.42 Å². The molecule has 1 amide bonds. The van der Waals surface area contributed by atoms with E-state index in [0.29, 0.717) is 30.3 Å². The molecule has 0 saturated heterocycles. The summed E-state index contributed by atoms with van der Waals surface area (Å²) in [4.78, 5) is 12.0. The maximum Gasteiger partial charge on any atom is 0.251 e. The Morgan fingerprint density at radius 3 is 2.71 bits per heavy atom. The van der Waals surface area contributed by atoms with Gasteiger partial charge < -0.3 is 14.8 Å². The second kappa shape index (κ2) is 8.97. The van der Waals surface area contributed by atoms with Crippen molar-refractivity contribution in [3.8, 4) is 5.75 Å². The number of ether oxygens (including phenoxy) is 2. The lowest BCUT2D eigenvalue weighted by atomic mass is 10.2. The molecule has 0 aliphatic carbocycles. The van der Waals surface area contributed by atoms with Crippen LogP contribution in [0.4, 0.5) is 0 Å². The fourth-order valence-electron chi connectivity index (χ4n) is 2.08. The largest absolute Gasteiger partial charge is 0.486 e. The van der Waals surface area contributed by atoms with Gasteiger partial charge in [0.15, 0.2) is 5.82 Å². The van der Waals surface area contributed by atoms with E-state index in [9.17, 15) is 4.79 Å². The molecule has 0 unspecified atom stereocenters. The summed E-state index contributed by atoms with van der Waals surface area (Å²) in [6, 6.07) is 7.14. The number of aromatic nitrogens is 4. The number of amides is 1. The number of hydrogen-bond donors (Lipinski definition) is 1. The first-order valence-electron chi connectivity index (χ1n) is 7.88. The molecule has 0 bridgehead atoms. The highest BCUT2D eigenvalue weighted by Crippen LogP contribution is 2.14. The zero-order valence-electron chi connectivity index (χ0n) is 14.2. The molecule has 0 fully saturated rings. The van der Waals surface area contributed by atoms with Crippen molar-refractivity contribution in [1.29, 1.82) is 0 Å². The van der Waals surface area contributed by atoms with Crippen LogP contribution in [0.15, 0.2) is 24.3 Å². The molecule has 24 heavy (non-hydrogen) atoms. The molecule has 0 aliphatic heterocycles. The van der Waals surface area contributed by atoms with Crippen molar-refractivity contribution >= 4 is 5.91 Å². The van der Waals surface area contributed by atoms with Crippen molar-refractivity contribution in [3.63, 3.8) is 0 Å². The first kappa shape index (κ1) is 17.9. The number of tetrazole rings is 1. The molecule has 0 atom stereocenters. The van der Waals surface area contributed by atoms with E-state index >= 15 is 0 Å². The van der Waals surface area contributed by atoms with E-state index in [2.05, 4.69) is 20.8 Å². The smallest absolute Gasteiger partial charge is 0.251 e. The molecule has 1 aromatic heterocycles. The van der Waals surface area contributed by atoms with Crippen molar-refractivity contribution in [3.05, 3.63) is 35.7 Å². The Hall–Kier alpha value is -2.48. The molecular formula is C16H23N5O3. The summed E-state index contributed by atoms with van der Waals surface area (Å²) in [6.07, 6.45) is 0.786. The van der Waals surface area contributed by atoms with E-state index in [1.54, 1.807) is 36.1 Å². The standard InChI is InChI=1S/C16H23N5O3/c1-12(2)21-15(18-19-20-21)11-24-14-7-5-13(6-8-14)16(22)17-9-4-10-23-3/h5-8,12H,4,9-11H2,1-3H3,(H,17,22). The van der Waals surface area contributed by atoms with Crippen molar-refractivity contribution < 1.29 is 14.3 Å². The van der Waals surface area contributed by atoms with E-state index in [-0.39, 0.29) is 18.6 Å². The predicted molar refractivity (Wildman–Crippen MR) is 87.8 cm³/mol. The van der Waals surface area contributed by atoms with E-state index in [1.807, 2.05) is 13.8 Å². The number of carbonyl (C=O) groups excluding carboxylic acids is 1. The third kappa shape index (κ3) is 5.02. The van der Waals surface area contributed by atoms with Gasteiger partial charge in [-0.25, -0.2) is 4.68 Å². The highest BCUT2D eigenvalue weighted by molar-refractivity contribution is 5.94. The number of benzene rings is 1. The second-order valence-electron chi connectivity index (χ2n) is 5.55. The molecule has 0 saturated carbocycles. The van der Waals surface area contributed by atoms with Crippen LogP contribution >= 0.6 is 0 Å². The molecular weight excluding hydrogens is 310 g/mol. The number of nitrogens with zero attached hydrogens (tertiary/aromatic N) is 4. The average molecular weight is 333 g/mol. The summed E-state index contributed by atoms with van der Waals surface area (Å²) in [6.45, 7) is 5.49. The molecule has 130 valence electrons. The molecule has 2 aromatic rings. The SMILES string of the molecule is COCCCNC(=O)c1ccc(OCc2nnnn2C(C)C)cc1. The van der Waals surface area contributed by atoms with Crippen LogP contribution in [0, 0.1) is 0 Å². The summed E-state index contributed by atoms with van der Waals surface area (Å²) >= 11 is 0. The predicted octanol–water partition coefficient (Wildman–Crippen LogP) is 1.60. The molecule has 8 nitrogen and oxygen atoms in total. The van der Waals surface area contributed by atoms with E-state index in [1.165, 1.54) is 0 Å². The van der Waals surface area contributed by atoms with Gasteiger partial charge in [0.05, 0.1) is 6.04 Å². The van der Waals surface area contributed by atoms with Crippen LogP contribution < -0.4 is 10.1 Å². The van der Waals surface area contributed by atoms with Gasteiger partial charge in [0, 0.05) is 25.8 Å². The Bertz CT molecular complexity index is 639. The van der Waals surface area contributed by atoms with Gasteiger partial charge in [-0.2, -0.15) is 0 Å². The molecule has 2 rings (SSSR count). The van der Waals surface area contributed by atoms with Crippen LogP contribution in [0.2, 0.25) is 0 Å². The first-order chi connectivity index (χ1) is 11.6. The fraction of sp³-hybridized carbons (Fsp3) is 0.500. The van der Waals surface area contributed by atoms with Crippen LogP contribution in [0.1, 0.15) is 42.5 Å². The third-order valence-corrected chi connectivity index (χ3v) is 3.35. The average Bonchev–Trinajstić information content (AvgIpc) is 3.06. The highest BCUT2D eigenvalue weighted by Gasteiger charge is 2.10. The Morgan fingerprint density at radius 2 is 2.04 bits per heavy atom. The topological polar surface area (TPSA) is 91.2 Å².